The number of carbonyl (C=O) groups excluding carboxylic acids is 1. The van der Waals surface area contributed by atoms with E-state index >= 15 is 0 Å². The minimum absolute atomic E-state index is 0.155. The molecule has 1 amide bonds. The monoisotopic (exact) mass is 337 g/mol. The highest BCUT2D eigenvalue weighted by Gasteiger charge is 2.30. The number of amides is 1. The van der Waals surface area contributed by atoms with Gasteiger partial charge in [-0.1, -0.05) is 0 Å². The van der Waals surface area contributed by atoms with E-state index in [2.05, 4.69) is 28.5 Å². The maximum absolute atomic E-state index is 12.2. The van der Waals surface area contributed by atoms with Crippen molar-refractivity contribution in [1.82, 2.24) is 19.4 Å². The summed E-state index contributed by atoms with van der Waals surface area (Å²) in [7, 11) is 4.17. The minimum atomic E-state index is -0.824. The molecule has 0 aromatic carbocycles. The van der Waals surface area contributed by atoms with Crippen molar-refractivity contribution in [3.63, 3.8) is 0 Å². The molecule has 2 atom stereocenters. The number of aliphatic hydroxyl groups excluding tert-OH is 1. The summed E-state index contributed by atoms with van der Waals surface area (Å²) in [6, 6.07) is -0.824. The predicted octanol–water partition coefficient (Wildman–Crippen LogP) is 0.249. The zero-order chi connectivity index (χ0) is 17.7. The van der Waals surface area contributed by atoms with Gasteiger partial charge in [0.2, 0.25) is 5.91 Å². The van der Waals surface area contributed by atoms with Crippen molar-refractivity contribution in [2.75, 3.05) is 33.7 Å². The predicted molar refractivity (Wildman–Crippen MR) is 93.6 cm³/mol. The maximum Gasteiger partial charge on any atom is 0.242 e. The summed E-state index contributed by atoms with van der Waals surface area (Å²) in [6.07, 6.45) is 5.98. The number of hydrogen-bond acceptors (Lipinski definition) is 5. The van der Waals surface area contributed by atoms with Gasteiger partial charge in [-0.3, -0.25) is 4.79 Å². The molecule has 7 nitrogen and oxygen atoms in total. The fourth-order valence-corrected chi connectivity index (χ4v) is 3.20. The quantitative estimate of drug-likeness (QED) is 0.745. The summed E-state index contributed by atoms with van der Waals surface area (Å²) in [5, 5.41) is 9.49. The van der Waals surface area contributed by atoms with Crippen LogP contribution in [0.5, 0.6) is 0 Å². The second kappa shape index (κ2) is 8.60. The molecular formula is C17H31N5O2. The Kier molecular flexibility index (Phi) is 6.77. The van der Waals surface area contributed by atoms with Crippen molar-refractivity contribution in [2.24, 2.45) is 5.73 Å². The third-order valence-corrected chi connectivity index (χ3v) is 4.73. The van der Waals surface area contributed by atoms with E-state index in [-0.39, 0.29) is 5.91 Å². The van der Waals surface area contributed by atoms with Gasteiger partial charge in [0.15, 0.2) is 0 Å². The lowest BCUT2D eigenvalue weighted by atomic mass is 9.95. The highest BCUT2D eigenvalue weighted by Crippen LogP contribution is 2.27. The first kappa shape index (κ1) is 18.9. The van der Waals surface area contributed by atoms with E-state index < -0.39 is 12.1 Å². The number of carbonyl (C=O) groups is 1. The molecule has 0 unspecified atom stereocenters. The number of likely N-dealkylation sites (tertiary alicyclic amines) is 1. The van der Waals surface area contributed by atoms with Crippen molar-refractivity contribution < 1.29 is 9.90 Å². The second-order valence-corrected chi connectivity index (χ2v) is 7.00. The topological polar surface area (TPSA) is 87.6 Å². The summed E-state index contributed by atoms with van der Waals surface area (Å²) in [5.41, 5.74) is 5.76. The smallest absolute Gasteiger partial charge is 0.242 e. The number of aliphatic hydroxyl groups is 1. The van der Waals surface area contributed by atoms with Crippen molar-refractivity contribution in [3.8, 4) is 0 Å². The van der Waals surface area contributed by atoms with Crippen molar-refractivity contribution in [2.45, 2.75) is 50.8 Å². The number of aryl methyl sites for hydroxylation is 1. The van der Waals surface area contributed by atoms with E-state index in [0.717, 1.165) is 38.2 Å². The average molecular weight is 337 g/mol. The van der Waals surface area contributed by atoms with Crippen LogP contribution in [0.4, 0.5) is 0 Å². The molecule has 0 aliphatic carbocycles. The molecule has 1 aliphatic heterocycles. The van der Waals surface area contributed by atoms with Gasteiger partial charge in [0.05, 0.1) is 6.10 Å². The lowest BCUT2D eigenvalue weighted by Gasteiger charge is -2.34. The van der Waals surface area contributed by atoms with Crippen LogP contribution in [-0.2, 0) is 11.3 Å². The molecule has 0 radical (unpaired) electrons. The van der Waals surface area contributed by atoms with Crippen LogP contribution in [0.3, 0.4) is 0 Å². The molecule has 0 spiro atoms. The van der Waals surface area contributed by atoms with Crippen LogP contribution in [0.1, 0.15) is 37.9 Å². The summed E-state index contributed by atoms with van der Waals surface area (Å²) < 4.78 is 2.24. The van der Waals surface area contributed by atoms with E-state index in [1.54, 1.807) is 11.8 Å². The van der Waals surface area contributed by atoms with Gasteiger partial charge in [-0.25, -0.2) is 4.98 Å². The molecule has 2 rings (SSSR count). The highest BCUT2D eigenvalue weighted by atomic mass is 16.3. The van der Waals surface area contributed by atoms with E-state index in [0.29, 0.717) is 19.0 Å². The minimum Gasteiger partial charge on any atom is -0.391 e. The average Bonchev–Trinajstić information content (AvgIpc) is 3.01. The second-order valence-electron chi connectivity index (χ2n) is 7.00. The van der Waals surface area contributed by atoms with Gasteiger partial charge >= 0.3 is 0 Å². The molecule has 2 heterocycles. The van der Waals surface area contributed by atoms with Gasteiger partial charge in [-0.15, -0.1) is 0 Å². The first-order valence-electron chi connectivity index (χ1n) is 8.78. The van der Waals surface area contributed by atoms with E-state index in [1.807, 2.05) is 12.4 Å². The standard InChI is InChI=1S/C17H31N5O2/c1-13(23)15(18)17(24)22-10-5-14(6-11-22)16-19-7-12-21(16)9-4-8-20(2)3/h7,12-15,23H,4-6,8-11,18H2,1-3H3/t13-,15+/m0/s1. The number of nitrogens with two attached hydrogens (primary N) is 1. The van der Waals surface area contributed by atoms with Gasteiger partial charge in [0.25, 0.3) is 0 Å². The summed E-state index contributed by atoms with van der Waals surface area (Å²) >= 11 is 0. The van der Waals surface area contributed by atoms with E-state index in [9.17, 15) is 9.90 Å². The molecule has 3 N–H and O–H groups in total. The zero-order valence-corrected chi connectivity index (χ0v) is 15.1. The van der Waals surface area contributed by atoms with E-state index in [1.165, 1.54) is 0 Å². The van der Waals surface area contributed by atoms with Crippen LogP contribution in [0.15, 0.2) is 12.4 Å². The van der Waals surface area contributed by atoms with Crippen molar-refractivity contribution >= 4 is 5.91 Å². The Morgan fingerprint density at radius 1 is 1.46 bits per heavy atom. The number of imidazole rings is 1. The largest absolute Gasteiger partial charge is 0.391 e. The summed E-state index contributed by atoms with van der Waals surface area (Å²) in [6.45, 7) is 4.93. The fraction of sp³-hybridized carbons (Fsp3) is 0.765. The molecule has 136 valence electrons. The third kappa shape index (κ3) is 4.78. The van der Waals surface area contributed by atoms with Gasteiger partial charge in [0, 0.05) is 37.9 Å². The highest BCUT2D eigenvalue weighted by molar-refractivity contribution is 5.82. The van der Waals surface area contributed by atoms with Gasteiger partial charge in [0.1, 0.15) is 11.9 Å². The molecule has 0 bridgehead atoms. The van der Waals surface area contributed by atoms with E-state index in [4.69, 9.17) is 5.73 Å². The molecule has 1 saturated heterocycles. The summed E-state index contributed by atoms with van der Waals surface area (Å²) in [4.78, 5) is 20.7. The van der Waals surface area contributed by atoms with Gasteiger partial charge in [-0.2, -0.15) is 0 Å². The molecule has 0 saturated carbocycles. The number of nitrogens with zero attached hydrogens (tertiary/aromatic N) is 4. The van der Waals surface area contributed by atoms with Gasteiger partial charge in [-0.05, 0) is 46.8 Å². The number of rotatable bonds is 7. The fourth-order valence-electron chi connectivity index (χ4n) is 3.20. The van der Waals surface area contributed by atoms with Crippen LogP contribution in [0.25, 0.3) is 0 Å². The van der Waals surface area contributed by atoms with Crippen molar-refractivity contribution in [1.29, 1.82) is 0 Å². The molecule has 7 heteroatoms. The molecular weight excluding hydrogens is 306 g/mol. The zero-order valence-electron chi connectivity index (χ0n) is 15.1. The number of aromatic nitrogens is 2. The Morgan fingerprint density at radius 3 is 2.71 bits per heavy atom. The van der Waals surface area contributed by atoms with Crippen molar-refractivity contribution in [3.05, 3.63) is 18.2 Å². The molecule has 1 aromatic heterocycles. The van der Waals surface area contributed by atoms with Crippen LogP contribution >= 0.6 is 0 Å². The van der Waals surface area contributed by atoms with Crippen LogP contribution in [-0.4, -0.2) is 76.2 Å². The SMILES string of the molecule is C[C@H](O)[C@@H](N)C(=O)N1CCC(c2nccn2CCCN(C)C)CC1. The van der Waals surface area contributed by atoms with Crippen LogP contribution in [0.2, 0.25) is 0 Å². The van der Waals surface area contributed by atoms with Gasteiger partial charge < -0.3 is 25.2 Å². The Hall–Kier alpha value is -1.44. The Bertz CT molecular complexity index is 521. The Labute approximate surface area is 144 Å². The Balaban J connectivity index is 1.89. The first-order valence-corrected chi connectivity index (χ1v) is 8.78. The molecule has 1 aliphatic rings. The molecule has 1 aromatic rings. The first-order chi connectivity index (χ1) is 11.4. The lowest BCUT2D eigenvalue weighted by Crippen LogP contribution is -2.51. The number of piperidine rings is 1. The van der Waals surface area contributed by atoms with Crippen LogP contribution < -0.4 is 5.73 Å². The third-order valence-electron chi connectivity index (χ3n) is 4.73. The Morgan fingerprint density at radius 2 is 2.12 bits per heavy atom. The maximum atomic E-state index is 12.2. The molecule has 1 fully saturated rings. The summed E-state index contributed by atoms with van der Waals surface area (Å²) in [5.74, 6) is 1.35. The lowest BCUT2D eigenvalue weighted by molar-refractivity contribution is -0.135. The normalized spacial score (nSPS) is 18.8. The number of hydrogen-bond donors (Lipinski definition) is 2. The van der Waals surface area contributed by atoms with Crippen LogP contribution in [0, 0.1) is 0 Å². The molecule has 24 heavy (non-hydrogen) atoms.